The number of hydrogen-bond acceptors (Lipinski definition) is 3. The van der Waals surface area contributed by atoms with Crippen molar-refractivity contribution >= 4 is 17.3 Å². The Morgan fingerprint density at radius 3 is 2.54 bits per heavy atom. The fourth-order valence-corrected chi connectivity index (χ4v) is 4.11. The maximum atomic E-state index is 13.1. The van der Waals surface area contributed by atoms with Crippen LogP contribution in [0.2, 0.25) is 0 Å². The summed E-state index contributed by atoms with van der Waals surface area (Å²) in [7, 11) is 0. The molecule has 1 atom stereocenters. The summed E-state index contributed by atoms with van der Waals surface area (Å²) in [6, 6.07) is 5.64. The van der Waals surface area contributed by atoms with Crippen molar-refractivity contribution in [3.05, 3.63) is 35.9 Å². The Morgan fingerprint density at radius 2 is 1.77 bits per heavy atom. The summed E-state index contributed by atoms with van der Waals surface area (Å²) in [5, 5.41) is 0. The number of carbonyl (C=O) groups is 2. The summed E-state index contributed by atoms with van der Waals surface area (Å²) in [6.45, 7) is 5.25. The number of fused-ring (bicyclic) bond motifs is 1. The molecular weight excluding hydrogens is 328 g/mol. The SMILES string of the molecule is CC1CCCN(C(=O)c2nc(C(=O)N3CCCCC3)c3ccccn23)C1. The molecule has 2 amide bonds. The van der Waals surface area contributed by atoms with Gasteiger partial charge >= 0.3 is 0 Å². The van der Waals surface area contributed by atoms with E-state index in [2.05, 4.69) is 11.9 Å². The molecule has 0 aromatic carbocycles. The van der Waals surface area contributed by atoms with Gasteiger partial charge in [0.2, 0.25) is 5.82 Å². The highest BCUT2D eigenvalue weighted by atomic mass is 16.2. The molecule has 2 aliphatic heterocycles. The highest BCUT2D eigenvalue weighted by molar-refractivity contribution is 6.02. The van der Waals surface area contributed by atoms with Gasteiger partial charge in [0, 0.05) is 32.4 Å². The van der Waals surface area contributed by atoms with E-state index in [4.69, 9.17) is 0 Å². The molecule has 26 heavy (non-hydrogen) atoms. The van der Waals surface area contributed by atoms with E-state index in [1.54, 1.807) is 4.40 Å². The molecule has 0 spiro atoms. The third-order valence-corrected chi connectivity index (χ3v) is 5.53. The van der Waals surface area contributed by atoms with E-state index >= 15 is 0 Å². The van der Waals surface area contributed by atoms with Gasteiger partial charge in [-0.2, -0.15) is 0 Å². The summed E-state index contributed by atoms with van der Waals surface area (Å²) < 4.78 is 1.78. The molecule has 2 saturated heterocycles. The molecule has 0 saturated carbocycles. The molecule has 2 aromatic rings. The topological polar surface area (TPSA) is 57.9 Å². The molecule has 6 nitrogen and oxygen atoms in total. The van der Waals surface area contributed by atoms with E-state index in [9.17, 15) is 9.59 Å². The molecular formula is C20H26N4O2. The summed E-state index contributed by atoms with van der Waals surface area (Å²) >= 11 is 0. The molecule has 138 valence electrons. The largest absolute Gasteiger partial charge is 0.337 e. The van der Waals surface area contributed by atoms with Crippen molar-refractivity contribution < 1.29 is 9.59 Å². The minimum atomic E-state index is -0.0737. The number of piperidine rings is 2. The lowest BCUT2D eigenvalue weighted by atomic mass is 10.0. The average molecular weight is 354 g/mol. The van der Waals surface area contributed by atoms with Gasteiger partial charge in [-0.3, -0.25) is 14.0 Å². The van der Waals surface area contributed by atoms with Crippen molar-refractivity contribution in [1.29, 1.82) is 0 Å². The lowest BCUT2D eigenvalue weighted by molar-refractivity contribution is 0.0669. The molecule has 6 heteroatoms. The zero-order chi connectivity index (χ0) is 18.1. The van der Waals surface area contributed by atoms with Gasteiger partial charge in [0.15, 0.2) is 5.69 Å². The number of nitrogens with zero attached hydrogens (tertiary/aromatic N) is 4. The number of rotatable bonds is 2. The quantitative estimate of drug-likeness (QED) is 0.833. The van der Waals surface area contributed by atoms with Crippen LogP contribution in [0.3, 0.4) is 0 Å². The minimum absolute atomic E-state index is 0.0561. The molecule has 0 N–H and O–H groups in total. The normalized spacial score (nSPS) is 21.2. The van der Waals surface area contributed by atoms with E-state index in [-0.39, 0.29) is 11.8 Å². The van der Waals surface area contributed by atoms with E-state index in [0.717, 1.165) is 57.4 Å². The summed E-state index contributed by atoms with van der Waals surface area (Å²) in [6.07, 6.45) is 7.26. The molecule has 0 radical (unpaired) electrons. The Bertz CT molecular complexity index is 822. The number of carbonyl (C=O) groups excluding carboxylic acids is 2. The van der Waals surface area contributed by atoms with Gasteiger partial charge < -0.3 is 9.80 Å². The summed E-state index contributed by atoms with van der Waals surface area (Å²) in [5.41, 5.74) is 1.12. The lowest BCUT2D eigenvalue weighted by Gasteiger charge is -2.30. The van der Waals surface area contributed by atoms with Gasteiger partial charge in [-0.25, -0.2) is 4.98 Å². The van der Waals surface area contributed by atoms with Crippen LogP contribution in [0, 0.1) is 5.92 Å². The standard InChI is InChI=1S/C20H26N4O2/c1-15-8-7-12-23(14-15)20(26)18-21-17(16-9-3-6-13-24(16)18)19(25)22-10-4-2-5-11-22/h3,6,9,13,15H,2,4-5,7-8,10-12,14H2,1H3. The molecule has 4 rings (SSSR count). The van der Waals surface area contributed by atoms with Gasteiger partial charge in [0.1, 0.15) is 0 Å². The smallest absolute Gasteiger partial charge is 0.290 e. The van der Waals surface area contributed by atoms with Crippen LogP contribution in [0.5, 0.6) is 0 Å². The predicted molar refractivity (Wildman–Crippen MR) is 99.2 cm³/mol. The molecule has 4 heterocycles. The van der Waals surface area contributed by atoms with Crippen LogP contribution in [0.1, 0.15) is 60.1 Å². The van der Waals surface area contributed by atoms with Crippen molar-refractivity contribution in [3.63, 3.8) is 0 Å². The van der Waals surface area contributed by atoms with E-state index in [1.165, 1.54) is 6.42 Å². The first-order chi connectivity index (χ1) is 12.6. The van der Waals surface area contributed by atoms with Gasteiger partial charge in [0.25, 0.3) is 11.8 Å². The number of amides is 2. The average Bonchev–Trinajstić information content (AvgIpc) is 3.07. The maximum absolute atomic E-state index is 13.1. The van der Waals surface area contributed by atoms with Crippen LogP contribution in [-0.4, -0.2) is 57.2 Å². The Hall–Kier alpha value is -2.37. The Morgan fingerprint density at radius 1 is 1.00 bits per heavy atom. The Labute approximate surface area is 153 Å². The second kappa shape index (κ2) is 7.09. The van der Waals surface area contributed by atoms with Gasteiger partial charge in [0.05, 0.1) is 5.52 Å². The number of pyridine rings is 1. The number of imidazole rings is 1. The maximum Gasteiger partial charge on any atom is 0.290 e. The van der Waals surface area contributed by atoms with E-state index < -0.39 is 0 Å². The first-order valence-corrected chi connectivity index (χ1v) is 9.71. The van der Waals surface area contributed by atoms with Crippen LogP contribution >= 0.6 is 0 Å². The van der Waals surface area contributed by atoms with Gasteiger partial charge in [-0.15, -0.1) is 0 Å². The summed E-state index contributed by atoms with van der Waals surface area (Å²) in [5.74, 6) is 0.735. The molecule has 2 aliphatic rings. The van der Waals surface area contributed by atoms with Crippen LogP contribution in [0.4, 0.5) is 0 Å². The monoisotopic (exact) mass is 354 g/mol. The fourth-order valence-electron chi connectivity index (χ4n) is 4.11. The van der Waals surface area contributed by atoms with Crippen molar-refractivity contribution in [3.8, 4) is 0 Å². The van der Waals surface area contributed by atoms with Crippen LogP contribution in [-0.2, 0) is 0 Å². The fraction of sp³-hybridized carbons (Fsp3) is 0.550. The second-order valence-electron chi connectivity index (χ2n) is 7.59. The first-order valence-electron chi connectivity index (χ1n) is 9.71. The predicted octanol–water partition coefficient (Wildman–Crippen LogP) is 2.83. The lowest BCUT2D eigenvalue weighted by Crippen LogP contribution is -2.40. The van der Waals surface area contributed by atoms with Crippen molar-refractivity contribution in [1.82, 2.24) is 19.2 Å². The highest BCUT2D eigenvalue weighted by Crippen LogP contribution is 2.21. The van der Waals surface area contributed by atoms with Crippen molar-refractivity contribution in [2.75, 3.05) is 26.2 Å². The number of hydrogen-bond donors (Lipinski definition) is 0. The Kier molecular flexibility index (Phi) is 4.66. The van der Waals surface area contributed by atoms with Crippen LogP contribution in [0.15, 0.2) is 24.4 Å². The third kappa shape index (κ3) is 3.08. The molecule has 0 aliphatic carbocycles. The van der Waals surface area contributed by atoms with Crippen molar-refractivity contribution in [2.24, 2.45) is 5.92 Å². The zero-order valence-electron chi connectivity index (χ0n) is 15.4. The van der Waals surface area contributed by atoms with Gasteiger partial charge in [-0.05, 0) is 50.2 Å². The molecule has 0 bridgehead atoms. The second-order valence-corrected chi connectivity index (χ2v) is 7.59. The molecule has 1 unspecified atom stereocenters. The van der Waals surface area contributed by atoms with E-state index in [0.29, 0.717) is 17.4 Å². The minimum Gasteiger partial charge on any atom is -0.337 e. The van der Waals surface area contributed by atoms with Crippen LogP contribution < -0.4 is 0 Å². The third-order valence-electron chi connectivity index (χ3n) is 5.53. The molecule has 2 fully saturated rings. The van der Waals surface area contributed by atoms with Gasteiger partial charge in [-0.1, -0.05) is 13.0 Å². The van der Waals surface area contributed by atoms with Crippen LogP contribution in [0.25, 0.3) is 5.52 Å². The summed E-state index contributed by atoms with van der Waals surface area (Å²) in [4.78, 5) is 34.4. The molecule has 2 aromatic heterocycles. The Balaban J connectivity index is 1.69. The highest BCUT2D eigenvalue weighted by Gasteiger charge is 2.29. The van der Waals surface area contributed by atoms with E-state index in [1.807, 2.05) is 34.2 Å². The first kappa shape index (κ1) is 17.1. The number of likely N-dealkylation sites (tertiary alicyclic amines) is 2. The zero-order valence-corrected chi connectivity index (χ0v) is 15.4. The van der Waals surface area contributed by atoms with Crippen molar-refractivity contribution in [2.45, 2.75) is 39.0 Å². The number of aromatic nitrogens is 2.